The number of hydrogen-bond donors (Lipinski definition) is 2. The third kappa shape index (κ3) is 3.00. The molecule has 1 aliphatic carbocycles. The molecule has 18 heavy (non-hydrogen) atoms. The highest BCUT2D eigenvalue weighted by Crippen LogP contribution is 2.21. The van der Waals surface area contributed by atoms with E-state index in [0.717, 1.165) is 18.4 Å². The lowest BCUT2D eigenvalue weighted by molar-refractivity contribution is 0.0602. The average molecular weight is 248 g/mol. The van der Waals surface area contributed by atoms with Gasteiger partial charge in [0.2, 0.25) is 0 Å². The first-order valence-corrected chi connectivity index (χ1v) is 5.86. The standard InChI is InChI=1S/C13H16N2O3/c1-8-3-6-11(10(7-8)12(16)18-2)15-13(17)14-9-4-5-9/h3,6-7,9H,4-5H2,1-2H3,(H2,14,15,17). The van der Waals surface area contributed by atoms with E-state index in [1.54, 1.807) is 12.1 Å². The number of hydrogen-bond acceptors (Lipinski definition) is 3. The van der Waals surface area contributed by atoms with E-state index < -0.39 is 5.97 Å². The summed E-state index contributed by atoms with van der Waals surface area (Å²) in [6.45, 7) is 1.88. The lowest BCUT2D eigenvalue weighted by Gasteiger charge is -2.11. The van der Waals surface area contributed by atoms with Crippen molar-refractivity contribution in [2.24, 2.45) is 0 Å². The number of carbonyl (C=O) groups excluding carboxylic acids is 2. The Morgan fingerprint density at radius 1 is 1.33 bits per heavy atom. The summed E-state index contributed by atoms with van der Waals surface area (Å²) in [6, 6.07) is 5.22. The fraction of sp³-hybridized carbons (Fsp3) is 0.385. The Labute approximate surface area is 106 Å². The van der Waals surface area contributed by atoms with Crippen molar-refractivity contribution >= 4 is 17.7 Å². The van der Waals surface area contributed by atoms with E-state index in [1.165, 1.54) is 7.11 Å². The van der Waals surface area contributed by atoms with Gasteiger partial charge in [0.15, 0.2) is 0 Å². The molecule has 1 aliphatic rings. The van der Waals surface area contributed by atoms with E-state index in [-0.39, 0.29) is 12.1 Å². The number of urea groups is 1. The highest BCUT2D eigenvalue weighted by atomic mass is 16.5. The van der Waals surface area contributed by atoms with Gasteiger partial charge in [-0.1, -0.05) is 11.6 Å². The number of rotatable bonds is 3. The molecular weight excluding hydrogens is 232 g/mol. The number of amides is 2. The Hall–Kier alpha value is -2.04. The molecule has 1 saturated carbocycles. The first-order chi connectivity index (χ1) is 8.60. The Bertz CT molecular complexity index is 481. The lowest BCUT2D eigenvalue weighted by Crippen LogP contribution is -2.31. The SMILES string of the molecule is COC(=O)c1cc(C)ccc1NC(=O)NC1CC1. The fourth-order valence-electron chi connectivity index (χ4n) is 1.62. The summed E-state index contributed by atoms with van der Waals surface area (Å²) in [6.07, 6.45) is 2.04. The first-order valence-electron chi connectivity index (χ1n) is 5.86. The maximum atomic E-state index is 11.6. The van der Waals surface area contributed by atoms with Crippen molar-refractivity contribution in [3.63, 3.8) is 0 Å². The van der Waals surface area contributed by atoms with Gasteiger partial charge in [-0.05, 0) is 31.9 Å². The molecular formula is C13H16N2O3. The van der Waals surface area contributed by atoms with Crippen molar-refractivity contribution in [3.05, 3.63) is 29.3 Å². The maximum absolute atomic E-state index is 11.6. The largest absolute Gasteiger partial charge is 0.465 e. The highest BCUT2D eigenvalue weighted by molar-refractivity contribution is 6.01. The number of nitrogens with one attached hydrogen (secondary N) is 2. The van der Waals surface area contributed by atoms with E-state index in [9.17, 15) is 9.59 Å². The molecule has 1 fully saturated rings. The van der Waals surface area contributed by atoms with Crippen LogP contribution in [-0.2, 0) is 4.74 Å². The van der Waals surface area contributed by atoms with Crippen LogP contribution in [0, 0.1) is 6.92 Å². The molecule has 1 aromatic rings. The minimum Gasteiger partial charge on any atom is -0.465 e. The van der Waals surface area contributed by atoms with Gasteiger partial charge in [-0.2, -0.15) is 0 Å². The third-order valence-electron chi connectivity index (χ3n) is 2.74. The topological polar surface area (TPSA) is 67.4 Å². The second kappa shape index (κ2) is 5.08. The van der Waals surface area contributed by atoms with Gasteiger partial charge < -0.3 is 15.4 Å². The molecule has 2 amide bonds. The Morgan fingerprint density at radius 2 is 2.06 bits per heavy atom. The molecule has 0 spiro atoms. The Morgan fingerprint density at radius 3 is 2.67 bits per heavy atom. The van der Waals surface area contributed by atoms with Crippen LogP contribution in [0.5, 0.6) is 0 Å². The smallest absolute Gasteiger partial charge is 0.339 e. The maximum Gasteiger partial charge on any atom is 0.339 e. The summed E-state index contributed by atoms with van der Waals surface area (Å²) < 4.78 is 4.70. The average Bonchev–Trinajstić information content (AvgIpc) is 3.14. The molecule has 0 atom stereocenters. The number of benzene rings is 1. The van der Waals surface area contributed by atoms with Crippen LogP contribution in [0.2, 0.25) is 0 Å². The van der Waals surface area contributed by atoms with Crippen LogP contribution < -0.4 is 10.6 Å². The van der Waals surface area contributed by atoms with Crippen molar-refractivity contribution in [3.8, 4) is 0 Å². The van der Waals surface area contributed by atoms with Crippen LogP contribution in [0.3, 0.4) is 0 Å². The molecule has 0 aromatic heterocycles. The molecule has 0 radical (unpaired) electrons. The summed E-state index contributed by atoms with van der Waals surface area (Å²) in [5.41, 5.74) is 1.76. The van der Waals surface area contributed by atoms with Gasteiger partial charge in [0, 0.05) is 6.04 Å². The summed E-state index contributed by atoms with van der Waals surface area (Å²) in [4.78, 5) is 23.2. The third-order valence-corrected chi connectivity index (χ3v) is 2.74. The number of methoxy groups -OCH3 is 1. The van der Waals surface area contributed by atoms with Crippen molar-refractivity contribution in [1.29, 1.82) is 0 Å². The van der Waals surface area contributed by atoms with Gasteiger partial charge in [-0.15, -0.1) is 0 Å². The quantitative estimate of drug-likeness (QED) is 0.805. The predicted molar refractivity (Wildman–Crippen MR) is 67.7 cm³/mol. The number of carbonyl (C=O) groups is 2. The summed E-state index contributed by atoms with van der Waals surface area (Å²) >= 11 is 0. The molecule has 5 heteroatoms. The van der Waals surface area contributed by atoms with E-state index in [1.807, 2.05) is 13.0 Å². The van der Waals surface area contributed by atoms with Crippen molar-refractivity contribution < 1.29 is 14.3 Å². The molecule has 5 nitrogen and oxygen atoms in total. The zero-order valence-corrected chi connectivity index (χ0v) is 10.4. The molecule has 1 aromatic carbocycles. The van der Waals surface area contributed by atoms with Crippen LogP contribution in [0.1, 0.15) is 28.8 Å². The molecule has 0 bridgehead atoms. The van der Waals surface area contributed by atoms with E-state index >= 15 is 0 Å². The molecule has 0 aliphatic heterocycles. The van der Waals surface area contributed by atoms with E-state index in [4.69, 9.17) is 4.74 Å². The number of esters is 1. The minimum absolute atomic E-state index is 0.275. The van der Waals surface area contributed by atoms with E-state index in [2.05, 4.69) is 10.6 Å². The van der Waals surface area contributed by atoms with Crippen molar-refractivity contribution in [2.75, 3.05) is 12.4 Å². The predicted octanol–water partition coefficient (Wildman–Crippen LogP) is 2.07. The molecule has 96 valence electrons. The van der Waals surface area contributed by atoms with Crippen LogP contribution in [0.15, 0.2) is 18.2 Å². The molecule has 0 heterocycles. The van der Waals surface area contributed by atoms with E-state index in [0.29, 0.717) is 11.3 Å². The van der Waals surface area contributed by atoms with Gasteiger partial charge >= 0.3 is 12.0 Å². The molecule has 2 rings (SSSR count). The minimum atomic E-state index is -0.458. The second-order valence-electron chi connectivity index (χ2n) is 4.41. The second-order valence-corrected chi connectivity index (χ2v) is 4.41. The fourth-order valence-corrected chi connectivity index (χ4v) is 1.62. The van der Waals surface area contributed by atoms with Gasteiger partial charge in [0.05, 0.1) is 18.4 Å². The first kappa shape index (κ1) is 12.4. The van der Waals surface area contributed by atoms with Crippen LogP contribution >= 0.6 is 0 Å². The van der Waals surface area contributed by atoms with Crippen LogP contribution in [-0.4, -0.2) is 25.2 Å². The lowest BCUT2D eigenvalue weighted by atomic mass is 10.1. The van der Waals surface area contributed by atoms with Gasteiger partial charge in [0.25, 0.3) is 0 Å². The number of ether oxygens (including phenoxy) is 1. The van der Waals surface area contributed by atoms with Gasteiger partial charge in [-0.25, -0.2) is 9.59 Å². The van der Waals surface area contributed by atoms with Crippen molar-refractivity contribution in [2.45, 2.75) is 25.8 Å². The van der Waals surface area contributed by atoms with Crippen LogP contribution in [0.25, 0.3) is 0 Å². The zero-order valence-electron chi connectivity index (χ0n) is 10.4. The van der Waals surface area contributed by atoms with Gasteiger partial charge in [-0.3, -0.25) is 0 Å². The Balaban J connectivity index is 2.14. The Kier molecular flexibility index (Phi) is 3.50. The molecule has 0 saturated heterocycles. The molecule has 2 N–H and O–H groups in total. The zero-order chi connectivity index (χ0) is 13.1. The normalized spacial score (nSPS) is 13.9. The van der Waals surface area contributed by atoms with Crippen molar-refractivity contribution in [1.82, 2.24) is 5.32 Å². The highest BCUT2D eigenvalue weighted by Gasteiger charge is 2.24. The summed E-state index contributed by atoms with van der Waals surface area (Å²) in [5.74, 6) is -0.458. The number of aryl methyl sites for hydroxylation is 1. The monoisotopic (exact) mass is 248 g/mol. The summed E-state index contributed by atoms with van der Waals surface area (Å²) in [5, 5.41) is 5.47. The summed E-state index contributed by atoms with van der Waals surface area (Å²) in [7, 11) is 1.32. The van der Waals surface area contributed by atoms with Crippen LogP contribution in [0.4, 0.5) is 10.5 Å². The van der Waals surface area contributed by atoms with Gasteiger partial charge in [0.1, 0.15) is 0 Å². The molecule has 0 unspecified atom stereocenters. The number of anilines is 1.